The van der Waals surface area contributed by atoms with Gasteiger partial charge in [0.25, 0.3) is 0 Å². The first-order valence-corrected chi connectivity index (χ1v) is 9.72. The summed E-state index contributed by atoms with van der Waals surface area (Å²) in [4.78, 5) is 12.2. The van der Waals surface area contributed by atoms with Gasteiger partial charge in [-0.25, -0.2) is 13.1 Å². The molecule has 0 spiro atoms. The molecule has 0 aliphatic carbocycles. The molecule has 0 bridgehead atoms. The fourth-order valence-electron chi connectivity index (χ4n) is 2.44. The maximum Gasteiger partial charge on any atom is 0.240 e. The molecule has 2 aromatic carbocycles. The Kier molecular flexibility index (Phi) is 6.33. The van der Waals surface area contributed by atoms with Crippen LogP contribution < -0.4 is 10.0 Å². The second-order valence-electron chi connectivity index (χ2n) is 6.34. The molecular weight excluding hydrogens is 336 g/mol. The zero-order chi connectivity index (χ0) is 18.4. The van der Waals surface area contributed by atoms with Crippen molar-refractivity contribution in [3.63, 3.8) is 0 Å². The van der Waals surface area contributed by atoms with Crippen LogP contribution in [0.3, 0.4) is 0 Å². The minimum Gasteiger partial charge on any atom is -0.326 e. The lowest BCUT2D eigenvalue weighted by Gasteiger charge is -2.10. The number of aryl methyl sites for hydroxylation is 2. The molecule has 1 amide bonds. The van der Waals surface area contributed by atoms with Gasteiger partial charge in [-0.05, 0) is 57.0 Å². The van der Waals surface area contributed by atoms with E-state index in [-0.39, 0.29) is 16.8 Å². The highest BCUT2D eigenvalue weighted by molar-refractivity contribution is 7.89. The number of hydrogen-bond donors (Lipinski definition) is 2. The van der Waals surface area contributed by atoms with Gasteiger partial charge in [-0.3, -0.25) is 4.79 Å². The second kappa shape index (κ2) is 8.27. The highest BCUT2D eigenvalue weighted by atomic mass is 32.2. The standard InChI is InChI=1S/C19H24N2O3S/c1-14(2)21-25(23,24)18-10-8-17(9-11-18)20-19(22)12-7-16-6-4-5-15(3)13-16/h4-6,8-11,13-14,21H,7,12H2,1-3H3,(H,20,22). The van der Waals surface area contributed by atoms with Crippen molar-refractivity contribution in [3.8, 4) is 0 Å². The Morgan fingerprint density at radius 2 is 1.76 bits per heavy atom. The van der Waals surface area contributed by atoms with Crippen molar-refractivity contribution < 1.29 is 13.2 Å². The Morgan fingerprint density at radius 1 is 1.08 bits per heavy atom. The molecule has 2 rings (SSSR count). The minimum absolute atomic E-state index is 0.0996. The number of anilines is 1. The summed E-state index contributed by atoms with van der Waals surface area (Å²) in [7, 11) is -3.52. The SMILES string of the molecule is Cc1cccc(CCC(=O)Nc2ccc(S(=O)(=O)NC(C)C)cc2)c1. The summed E-state index contributed by atoms with van der Waals surface area (Å²) in [5.41, 5.74) is 2.87. The lowest BCUT2D eigenvalue weighted by molar-refractivity contribution is -0.116. The van der Waals surface area contributed by atoms with Gasteiger partial charge in [0.2, 0.25) is 15.9 Å². The number of amides is 1. The monoisotopic (exact) mass is 360 g/mol. The molecule has 0 aromatic heterocycles. The Balaban J connectivity index is 1.93. The van der Waals surface area contributed by atoms with Gasteiger partial charge in [-0.1, -0.05) is 29.8 Å². The van der Waals surface area contributed by atoms with Crippen LogP contribution in [0.5, 0.6) is 0 Å². The van der Waals surface area contributed by atoms with Gasteiger partial charge in [0.1, 0.15) is 0 Å². The largest absolute Gasteiger partial charge is 0.326 e. The highest BCUT2D eigenvalue weighted by Crippen LogP contribution is 2.15. The fraction of sp³-hybridized carbons (Fsp3) is 0.316. The van der Waals surface area contributed by atoms with Gasteiger partial charge in [0, 0.05) is 18.2 Å². The van der Waals surface area contributed by atoms with E-state index < -0.39 is 10.0 Å². The van der Waals surface area contributed by atoms with E-state index in [1.807, 2.05) is 25.1 Å². The summed E-state index contributed by atoms with van der Waals surface area (Å²) in [6.45, 7) is 5.55. The van der Waals surface area contributed by atoms with Gasteiger partial charge in [0.15, 0.2) is 0 Å². The van der Waals surface area contributed by atoms with Crippen LogP contribution in [0.1, 0.15) is 31.4 Å². The maximum absolute atomic E-state index is 12.1. The van der Waals surface area contributed by atoms with Crippen molar-refractivity contribution in [2.75, 3.05) is 5.32 Å². The van der Waals surface area contributed by atoms with Gasteiger partial charge in [-0.2, -0.15) is 0 Å². The van der Waals surface area contributed by atoms with E-state index in [1.54, 1.807) is 26.0 Å². The van der Waals surface area contributed by atoms with E-state index in [0.717, 1.165) is 5.56 Å². The van der Waals surface area contributed by atoms with Gasteiger partial charge in [-0.15, -0.1) is 0 Å². The van der Waals surface area contributed by atoms with Crippen LogP contribution in [0.2, 0.25) is 0 Å². The van der Waals surface area contributed by atoms with Crippen LogP contribution in [0, 0.1) is 6.92 Å². The van der Waals surface area contributed by atoms with Gasteiger partial charge < -0.3 is 5.32 Å². The number of benzene rings is 2. The lowest BCUT2D eigenvalue weighted by Crippen LogP contribution is -2.30. The first-order valence-electron chi connectivity index (χ1n) is 8.24. The molecule has 0 radical (unpaired) electrons. The molecule has 0 saturated carbocycles. The molecule has 0 fully saturated rings. The summed E-state index contributed by atoms with van der Waals surface area (Å²) >= 11 is 0. The molecule has 0 saturated heterocycles. The van der Waals surface area contributed by atoms with Crippen molar-refractivity contribution in [1.82, 2.24) is 4.72 Å². The molecule has 25 heavy (non-hydrogen) atoms. The van der Waals surface area contributed by atoms with Crippen molar-refractivity contribution >= 4 is 21.6 Å². The Hall–Kier alpha value is -2.18. The van der Waals surface area contributed by atoms with E-state index in [9.17, 15) is 13.2 Å². The van der Waals surface area contributed by atoms with Gasteiger partial charge >= 0.3 is 0 Å². The van der Waals surface area contributed by atoms with Crippen molar-refractivity contribution in [2.24, 2.45) is 0 Å². The Morgan fingerprint density at radius 3 is 2.36 bits per heavy atom. The average Bonchev–Trinajstić information content (AvgIpc) is 2.52. The molecule has 0 heterocycles. The van der Waals surface area contributed by atoms with Crippen LogP contribution in [-0.4, -0.2) is 20.4 Å². The Bertz CT molecular complexity index is 828. The number of sulfonamides is 1. The predicted octanol–water partition coefficient (Wildman–Crippen LogP) is 3.25. The molecule has 0 atom stereocenters. The van der Waals surface area contributed by atoms with Crippen molar-refractivity contribution in [3.05, 3.63) is 59.7 Å². The number of carbonyl (C=O) groups is 1. The molecule has 2 aromatic rings. The third kappa shape index (κ3) is 5.99. The molecular formula is C19H24N2O3S. The topological polar surface area (TPSA) is 75.3 Å². The average molecular weight is 360 g/mol. The third-order valence-corrected chi connectivity index (χ3v) is 5.24. The molecule has 0 aliphatic heterocycles. The van der Waals surface area contributed by atoms with Crippen molar-refractivity contribution in [1.29, 1.82) is 0 Å². The third-order valence-electron chi connectivity index (χ3n) is 3.56. The number of hydrogen-bond acceptors (Lipinski definition) is 3. The summed E-state index contributed by atoms with van der Waals surface area (Å²) in [6, 6.07) is 14.1. The van der Waals surface area contributed by atoms with Gasteiger partial charge in [0.05, 0.1) is 4.90 Å². The minimum atomic E-state index is -3.52. The fourth-order valence-corrected chi connectivity index (χ4v) is 3.70. The smallest absolute Gasteiger partial charge is 0.240 e. The number of rotatable bonds is 7. The van der Waals surface area contributed by atoms with E-state index in [0.29, 0.717) is 18.5 Å². The maximum atomic E-state index is 12.1. The molecule has 5 nitrogen and oxygen atoms in total. The molecule has 0 unspecified atom stereocenters. The molecule has 134 valence electrons. The Labute approximate surface area is 149 Å². The van der Waals surface area contributed by atoms with Crippen LogP contribution in [0.15, 0.2) is 53.4 Å². The first kappa shape index (κ1) is 19.1. The number of carbonyl (C=O) groups excluding carboxylic acids is 1. The predicted molar refractivity (Wildman–Crippen MR) is 100 cm³/mol. The highest BCUT2D eigenvalue weighted by Gasteiger charge is 2.15. The first-order chi connectivity index (χ1) is 11.8. The van der Waals surface area contributed by atoms with E-state index >= 15 is 0 Å². The van der Waals surface area contributed by atoms with Crippen LogP contribution in [0.4, 0.5) is 5.69 Å². The number of nitrogens with one attached hydrogen (secondary N) is 2. The van der Waals surface area contributed by atoms with Crippen LogP contribution in [0.25, 0.3) is 0 Å². The second-order valence-corrected chi connectivity index (χ2v) is 8.05. The normalized spacial score (nSPS) is 11.5. The summed E-state index contributed by atoms with van der Waals surface area (Å²) < 4.78 is 26.7. The van der Waals surface area contributed by atoms with E-state index in [1.165, 1.54) is 17.7 Å². The molecule has 2 N–H and O–H groups in total. The molecule has 6 heteroatoms. The van der Waals surface area contributed by atoms with E-state index in [2.05, 4.69) is 16.1 Å². The van der Waals surface area contributed by atoms with Crippen LogP contribution in [-0.2, 0) is 21.2 Å². The summed E-state index contributed by atoms with van der Waals surface area (Å²) in [5, 5.41) is 2.79. The quantitative estimate of drug-likeness (QED) is 0.796. The summed E-state index contributed by atoms with van der Waals surface area (Å²) in [6.07, 6.45) is 1.04. The van der Waals surface area contributed by atoms with Crippen molar-refractivity contribution in [2.45, 2.75) is 44.6 Å². The zero-order valence-electron chi connectivity index (χ0n) is 14.7. The lowest BCUT2D eigenvalue weighted by atomic mass is 10.1. The zero-order valence-corrected chi connectivity index (χ0v) is 15.6. The van der Waals surface area contributed by atoms with Crippen LogP contribution >= 0.6 is 0 Å². The summed E-state index contributed by atoms with van der Waals surface area (Å²) in [5.74, 6) is -0.0996. The molecule has 0 aliphatic rings. The van der Waals surface area contributed by atoms with E-state index in [4.69, 9.17) is 0 Å².